The molecule has 1 amide bonds. The highest BCUT2D eigenvalue weighted by atomic mass is 16.3. The van der Waals surface area contributed by atoms with Crippen LogP contribution in [-0.2, 0) is 6.42 Å². The molecular formula is C21H22N2O2. The van der Waals surface area contributed by atoms with E-state index in [4.69, 9.17) is 5.26 Å². The highest BCUT2D eigenvalue weighted by Gasteiger charge is 2.28. The average Bonchev–Trinajstić information content (AvgIpc) is 2.68. The molecule has 1 saturated heterocycles. The van der Waals surface area contributed by atoms with Gasteiger partial charge in [0.25, 0.3) is 5.91 Å². The summed E-state index contributed by atoms with van der Waals surface area (Å²) in [6.07, 6.45) is 1.89. The van der Waals surface area contributed by atoms with Crippen molar-refractivity contribution < 1.29 is 9.90 Å². The molecule has 1 heterocycles. The molecule has 4 nitrogen and oxygen atoms in total. The van der Waals surface area contributed by atoms with Crippen LogP contribution in [0.5, 0.6) is 0 Å². The van der Waals surface area contributed by atoms with Crippen molar-refractivity contribution >= 4 is 5.91 Å². The number of rotatable bonds is 4. The number of nitrogens with zero attached hydrogens (tertiary/aromatic N) is 2. The molecule has 3 rings (SSSR count). The fraction of sp³-hybridized carbons (Fsp3) is 0.333. The lowest BCUT2D eigenvalue weighted by atomic mass is 9.87. The monoisotopic (exact) mass is 334 g/mol. The Morgan fingerprint density at radius 3 is 2.56 bits per heavy atom. The predicted molar refractivity (Wildman–Crippen MR) is 95.9 cm³/mol. The van der Waals surface area contributed by atoms with E-state index in [-0.39, 0.29) is 17.9 Å². The van der Waals surface area contributed by atoms with Crippen LogP contribution in [-0.4, -0.2) is 35.1 Å². The van der Waals surface area contributed by atoms with Gasteiger partial charge < -0.3 is 10.0 Å². The quantitative estimate of drug-likeness (QED) is 0.935. The summed E-state index contributed by atoms with van der Waals surface area (Å²) in [5, 5.41) is 19.5. The number of hydrogen-bond acceptors (Lipinski definition) is 3. The fourth-order valence-electron chi connectivity index (χ4n) is 3.41. The Morgan fingerprint density at radius 1 is 1.16 bits per heavy atom. The molecule has 25 heavy (non-hydrogen) atoms. The zero-order chi connectivity index (χ0) is 17.6. The van der Waals surface area contributed by atoms with Gasteiger partial charge in [-0.05, 0) is 48.9 Å². The number of carbonyl (C=O) groups is 1. The SMILES string of the molecule is N#Cc1cccc(C(=O)N2CCC([C@@H](O)Cc3ccccc3)CC2)c1. The van der Waals surface area contributed by atoms with Crippen molar-refractivity contribution in [3.05, 3.63) is 71.3 Å². The fourth-order valence-corrected chi connectivity index (χ4v) is 3.41. The predicted octanol–water partition coefficient (Wildman–Crippen LogP) is 3.01. The number of piperidine rings is 1. The molecule has 2 aromatic rings. The van der Waals surface area contributed by atoms with Crippen LogP contribution in [0.15, 0.2) is 54.6 Å². The summed E-state index contributed by atoms with van der Waals surface area (Å²) in [5.74, 6) is 0.183. The van der Waals surface area contributed by atoms with Crippen molar-refractivity contribution in [2.24, 2.45) is 5.92 Å². The third-order valence-corrected chi connectivity index (χ3v) is 4.90. The molecule has 1 aliphatic rings. The number of aliphatic hydroxyl groups excluding tert-OH is 1. The van der Waals surface area contributed by atoms with E-state index >= 15 is 0 Å². The van der Waals surface area contributed by atoms with Crippen LogP contribution in [0.2, 0.25) is 0 Å². The van der Waals surface area contributed by atoms with Crippen LogP contribution in [0, 0.1) is 17.2 Å². The molecule has 2 aromatic carbocycles. The van der Waals surface area contributed by atoms with E-state index in [1.165, 1.54) is 0 Å². The van der Waals surface area contributed by atoms with Crippen molar-refractivity contribution in [1.82, 2.24) is 4.90 Å². The Bertz CT molecular complexity index is 759. The molecule has 0 radical (unpaired) electrons. The maximum Gasteiger partial charge on any atom is 0.253 e. The third kappa shape index (κ3) is 4.26. The Hall–Kier alpha value is -2.64. The maximum atomic E-state index is 12.6. The standard InChI is InChI=1S/C21H22N2O2/c22-15-17-7-4-8-19(13-17)21(25)23-11-9-18(10-12-23)20(24)14-16-5-2-1-3-6-16/h1-8,13,18,20,24H,9-12,14H2/t20-/m0/s1. The smallest absolute Gasteiger partial charge is 0.253 e. The van der Waals surface area contributed by atoms with Crippen LogP contribution < -0.4 is 0 Å². The number of carbonyl (C=O) groups excluding carboxylic acids is 1. The van der Waals surface area contributed by atoms with Crippen molar-refractivity contribution in [1.29, 1.82) is 5.26 Å². The second-order valence-corrected chi connectivity index (χ2v) is 6.58. The molecule has 4 heteroatoms. The van der Waals surface area contributed by atoms with Crippen LogP contribution in [0.25, 0.3) is 0 Å². The lowest BCUT2D eigenvalue weighted by molar-refractivity contribution is 0.0467. The van der Waals surface area contributed by atoms with Crippen LogP contribution in [0.1, 0.15) is 34.3 Å². The third-order valence-electron chi connectivity index (χ3n) is 4.90. The topological polar surface area (TPSA) is 64.3 Å². The van der Waals surface area contributed by atoms with Gasteiger partial charge in [-0.3, -0.25) is 4.79 Å². The van der Waals surface area contributed by atoms with Gasteiger partial charge in [0.05, 0.1) is 17.7 Å². The Morgan fingerprint density at radius 2 is 1.88 bits per heavy atom. The number of likely N-dealkylation sites (tertiary alicyclic amines) is 1. The van der Waals surface area contributed by atoms with E-state index in [1.54, 1.807) is 24.3 Å². The van der Waals surface area contributed by atoms with Gasteiger partial charge in [-0.2, -0.15) is 5.26 Å². The van der Waals surface area contributed by atoms with Gasteiger partial charge in [0.15, 0.2) is 0 Å². The van der Waals surface area contributed by atoms with Crippen molar-refractivity contribution in [3.63, 3.8) is 0 Å². The second kappa shape index (κ2) is 7.96. The van der Waals surface area contributed by atoms with Crippen LogP contribution in [0.4, 0.5) is 0 Å². The number of nitriles is 1. The van der Waals surface area contributed by atoms with Gasteiger partial charge >= 0.3 is 0 Å². The first kappa shape index (κ1) is 17.2. The van der Waals surface area contributed by atoms with Gasteiger partial charge in [0.2, 0.25) is 0 Å². The summed E-state index contributed by atoms with van der Waals surface area (Å²) >= 11 is 0. The van der Waals surface area contributed by atoms with E-state index in [0.717, 1.165) is 18.4 Å². The van der Waals surface area contributed by atoms with Crippen molar-refractivity contribution in [3.8, 4) is 6.07 Å². The van der Waals surface area contributed by atoms with Crippen molar-refractivity contribution in [2.45, 2.75) is 25.4 Å². The van der Waals surface area contributed by atoms with Crippen LogP contribution >= 0.6 is 0 Å². The second-order valence-electron chi connectivity index (χ2n) is 6.58. The molecule has 0 saturated carbocycles. The first-order valence-corrected chi connectivity index (χ1v) is 8.69. The highest BCUT2D eigenvalue weighted by molar-refractivity contribution is 5.94. The summed E-state index contributed by atoms with van der Waals surface area (Å²) < 4.78 is 0. The molecule has 0 aliphatic carbocycles. The van der Waals surface area contributed by atoms with E-state index < -0.39 is 0 Å². The number of amides is 1. The van der Waals surface area contributed by atoms with E-state index in [1.807, 2.05) is 35.2 Å². The molecule has 0 spiro atoms. The van der Waals surface area contributed by atoms with Crippen LogP contribution in [0.3, 0.4) is 0 Å². The molecule has 0 unspecified atom stereocenters. The Kier molecular flexibility index (Phi) is 5.47. The van der Waals surface area contributed by atoms with Gasteiger partial charge in [-0.1, -0.05) is 36.4 Å². The maximum absolute atomic E-state index is 12.6. The largest absolute Gasteiger partial charge is 0.392 e. The minimum absolute atomic E-state index is 0.0342. The first-order chi connectivity index (χ1) is 12.2. The molecular weight excluding hydrogens is 312 g/mol. The van der Waals surface area contributed by atoms with Gasteiger partial charge in [0.1, 0.15) is 0 Å². The number of hydrogen-bond donors (Lipinski definition) is 1. The summed E-state index contributed by atoms with van der Waals surface area (Å²) in [7, 11) is 0. The molecule has 1 aliphatic heterocycles. The van der Waals surface area contributed by atoms with Gasteiger partial charge in [-0.15, -0.1) is 0 Å². The lowest BCUT2D eigenvalue weighted by Gasteiger charge is -2.34. The summed E-state index contributed by atoms with van der Waals surface area (Å²) in [6, 6.07) is 18.9. The minimum atomic E-state index is -0.374. The zero-order valence-electron chi connectivity index (χ0n) is 14.1. The Balaban J connectivity index is 1.56. The summed E-state index contributed by atoms with van der Waals surface area (Å²) in [4.78, 5) is 14.4. The molecule has 128 valence electrons. The van der Waals surface area contributed by atoms with E-state index in [9.17, 15) is 9.90 Å². The average molecular weight is 334 g/mol. The van der Waals surface area contributed by atoms with Crippen molar-refractivity contribution in [2.75, 3.05) is 13.1 Å². The molecule has 1 fully saturated rings. The normalized spacial score (nSPS) is 16.2. The van der Waals surface area contributed by atoms with Gasteiger partial charge in [0, 0.05) is 18.7 Å². The van der Waals surface area contributed by atoms with Gasteiger partial charge in [-0.25, -0.2) is 0 Å². The van der Waals surface area contributed by atoms with E-state index in [2.05, 4.69) is 6.07 Å². The highest BCUT2D eigenvalue weighted by Crippen LogP contribution is 2.24. The molecule has 1 N–H and O–H groups in total. The number of aliphatic hydroxyl groups is 1. The zero-order valence-corrected chi connectivity index (χ0v) is 14.1. The number of benzene rings is 2. The molecule has 1 atom stereocenters. The molecule has 0 aromatic heterocycles. The minimum Gasteiger partial charge on any atom is -0.392 e. The first-order valence-electron chi connectivity index (χ1n) is 8.69. The Labute approximate surface area is 148 Å². The summed E-state index contributed by atoms with van der Waals surface area (Å²) in [6.45, 7) is 1.29. The van der Waals surface area contributed by atoms with E-state index in [0.29, 0.717) is 30.6 Å². The molecule has 0 bridgehead atoms. The lowest BCUT2D eigenvalue weighted by Crippen LogP contribution is -2.41. The summed E-state index contributed by atoms with van der Waals surface area (Å²) in [5.41, 5.74) is 2.20.